The van der Waals surface area contributed by atoms with Gasteiger partial charge in [0.1, 0.15) is 5.82 Å². The summed E-state index contributed by atoms with van der Waals surface area (Å²) in [5.41, 5.74) is 0.739. The predicted octanol–water partition coefficient (Wildman–Crippen LogP) is 4.17. The van der Waals surface area contributed by atoms with E-state index in [1.165, 1.54) is 21.8 Å². The quantitative estimate of drug-likeness (QED) is 0.676. The van der Waals surface area contributed by atoms with Crippen molar-refractivity contribution in [3.05, 3.63) is 55.5 Å². The number of anilines is 1. The van der Waals surface area contributed by atoms with Crippen molar-refractivity contribution < 1.29 is 14.1 Å². The molecule has 1 aliphatic carbocycles. The maximum Gasteiger partial charge on any atom is 0.271 e. The molecular formula is C16H15FN2O3S. The lowest BCUT2D eigenvalue weighted by Crippen LogP contribution is -2.11. The molecule has 1 aromatic carbocycles. The monoisotopic (exact) mass is 334 g/mol. The second kappa shape index (κ2) is 6.08. The number of benzene rings is 1. The van der Waals surface area contributed by atoms with Crippen LogP contribution in [0.3, 0.4) is 0 Å². The van der Waals surface area contributed by atoms with Gasteiger partial charge in [0.2, 0.25) is 0 Å². The Kier molecular flexibility index (Phi) is 4.12. The van der Waals surface area contributed by atoms with Crippen molar-refractivity contribution in [3.8, 4) is 0 Å². The highest BCUT2D eigenvalue weighted by Crippen LogP contribution is 2.32. The molecule has 1 amide bonds. The molecule has 7 heteroatoms. The van der Waals surface area contributed by atoms with Gasteiger partial charge in [0.25, 0.3) is 11.6 Å². The summed E-state index contributed by atoms with van der Waals surface area (Å²) in [6, 6.07) is 4.92. The van der Waals surface area contributed by atoms with Gasteiger partial charge < -0.3 is 5.32 Å². The van der Waals surface area contributed by atoms with Crippen LogP contribution < -0.4 is 5.32 Å². The number of nitro benzene ring substituents is 1. The average molecular weight is 334 g/mol. The minimum atomic E-state index is -0.695. The van der Waals surface area contributed by atoms with Crippen molar-refractivity contribution in [3.63, 3.8) is 0 Å². The number of rotatable bonds is 3. The van der Waals surface area contributed by atoms with Crippen LogP contribution in [0.2, 0.25) is 0 Å². The van der Waals surface area contributed by atoms with E-state index < -0.39 is 16.6 Å². The van der Waals surface area contributed by atoms with E-state index in [0.717, 1.165) is 37.5 Å². The largest absolute Gasteiger partial charge is 0.319 e. The molecule has 1 aliphatic rings. The second-order valence-electron chi connectivity index (χ2n) is 5.78. The number of nitrogens with zero attached hydrogens (tertiary/aromatic N) is 1. The van der Waals surface area contributed by atoms with E-state index >= 15 is 0 Å². The third kappa shape index (κ3) is 3.24. The van der Waals surface area contributed by atoms with Crippen molar-refractivity contribution in [2.45, 2.75) is 26.2 Å². The molecule has 1 N–H and O–H groups in total. The third-order valence-electron chi connectivity index (χ3n) is 3.96. The first kappa shape index (κ1) is 15.6. The highest BCUT2D eigenvalue weighted by atomic mass is 32.1. The topological polar surface area (TPSA) is 72.2 Å². The van der Waals surface area contributed by atoms with Crippen molar-refractivity contribution >= 4 is 28.6 Å². The van der Waals surface area contributed by atoms with Crippen molar-refractivity contribution in [1.29, 1.82) is 0 Å². The number of hydrogen-bond donors (Lipinski definition) is 1. The van der Waals surface area contributed by atoms with Gasteiger partial charge in [-0.1, -0.05) is 6.92 Å². The van der Waals surface area contributed by atoms with Crippen molar-refractivity contribution in [2.24, 2.45) is 5.92 Å². The number of carbonyl (C=O) groups is 1. The number of non-ortho nitro benzene ring substituents is 1. The molecule has 0 bridgehead atoms. The molecular weight excluding hydrogens is 319 g/mol. The van der Waals surface area contributed by atoms with Gasteiger partial charge in [-0.2, -0.15) is 0 Å². The highest BCUT2D eigenvalue weighted by Gasteiger charge is 2.21. The number of thiophene rings is 1. The molecule has 1 unspecified atom stereocenters. The fourth-order valence-corrected chi connectivity index (χ4v) is 3.83. The van der Waals surface area contributed by atoms with E-state index in [-0.39, 0.29) is 11.4 Å². The molecule has 120 valence electrons. The average Bonchev–Trinajstić information content (AvgIpc) is 2.92. The van der Waals surface area contributed by atoms with Crippen LogP contribution in [-0.2, 0) is 12.8 Å². The third-order valence-corrected chi connectivity index (χ3v) is 5.20. The van der Waals surface area contributed by atoms with E-state index in [1.54, 1.807) is 0 Å². The number of nitro groups is 1. The first-order valence-corrected chi connectivity index (χ1v) is 8.12. The number of carbonyl (C=O) groups excluding carboxylic acids is 1. The smallest absolute Gasteiger partial charge is 0.271 e. The molecule has 0 saturated heterocycles. The molecule has 0 fully saturated rings. The zero-order chi connectivity index (χ0) is 16.6. The number of halogens is 1. The van der Waals surface area contributed by atoms with Crippen LogP contribution in [0, 0.1) is 21.8 Å². The van der Waals surface area contributed by atoms with E-state index in [9.17, 15) is 19.3 Å². The molecule has 1 heterocycles. The SMILES string of the molecule is CC1CCc2sc(C(=O)Nc3cc([N+](=O)[O-])ccc3F)cc2C1. The standard InChI is InChI=1S/C16H15FN2O3S/c1-9-2-5-14-10(6-9)7-15(23-14)16(20)18-13-8-11(19(21)22)3-4-12(13)17/h3-4,7-9H,2,5-6H2,1H3,(H,18,20). The number of hydrogen-bond acceptors (Lipinski definition) is 4. The van der Waals surface area contributed by atoms with Crippen LogP contribution in [0.25, 0.3) is 0 Å². The number of amides is 1. The lowest BCUT2D eigenvalue weighted by atomic mass is 9.90. The summed E-state index contributed by atoms with van der Waals surface area (Å²) in [5.74, 6) is -0.530. The Labute approximate surface area is 136 Å². The normalized spacial score (nSPS) is 16.7. The Hall–Kier alpha value is -2.28. The van der Waals surface area contributed by atoms with Gasteiger partial charge in [-0.3, -0.25) is 14.9 Å². The summed E-state index contributed by atoms with van der Waals surface area (Å²) in [6.07, 6.45) is 3.01. The van der Waals surface area contributed by atoms with Gasteiger partial charge in [0.15, 0.2) is 0 Å². The molecule has 0 radical (unpaired) electrons. The Balaban J connectivity index is 1.82. The first-order chi connectivity index (χ1) is 10.9. The zero-order valence-electron chi connectivity index (χ0n) is 12.5. The van der Waals surface area contributed by atoms with Crippen LogP contribution >= 0.6 is 11.3 Å². The van der Waals surface area contributed by atoms with Crippen molar-refractivity contribution in [1.82, 2.24) is 0 Å². The second-order valence-corrected chi connectivity index (χ2v) is 6.92. The molecule has 0 aliphatic heterocycles. The Morgan fingerprint density at radius 1 is 1.43 bits per heavy atom. The summed E-state index contributed by atoms with van der Waals surface area (Å²) in [4.78, 5) is 24.2. The summed E-state index contributed by atoms with van der Waals surface area (Å²) in [5, 5.41) is 13.2. The van der Waals surface area contributed by atoms with Crippen LogP contribution in [0.4, 0.5) is 15.8 Å². The molecule has 23 heavy (non-hydrogen) atoms. The lowest BCUT2D eigenvalue weighted by molar-refractivity contribution is -0.384. The van der Waals surface area contributed by atoms with E-state index in [2.05, 4.69) is 12.2 Å². The zero-order valence-corrected chi connectivity index (χ0v) is 13.3. The molecule has 1 aromatic heterocycles. The van der Waals surface area contributed by atoms with Gasteiger partial charge in [-0.25, -0.2) is 4.39 Å². The Bertz CT molecular complexity index is 788. The van der Waals surface area contributed by atoms with Gasteiger partial charge in [-0.05, 0) is 42.9 Å². The van der Waals surface area contributed by atoms with E-state index in [4.69, 9.17) is 0 Å². The van der Waals surface area contributed by atoms with Gasteiger partial charge >= 0.3 is 0 Å². The number of nitrogens with one attached hydrogen (secondary N) is 1. The lowest BCUT2D eigenvalue weighted by Gasteiger charge is -2.16. The maximum absolute atomic E-state index is 13.8. The molecule has 3 rings (SSSR count). The van der Waals surface area contributed by atoms with Gasteiger partial charge in [0.05, 0.1) is 15.5 Å². The highest BCUT2D eigenvalue weighted by molar-refractivity contribution is 7.14. The van der Waals surface area contributed by atoms with Crippen LogP contribution in [0.1, 0.15) is 33.5 Å². The fraction of sp³-hybridized carbons (Fsp3) is 0.312. The summed E-state index contributed by atoms with van der Waals surface area (Å²) in [6.45, 7) is 2.18. The maximum atomic E-state index is 13.8. The molecule has 0 saturated carbocycles. The van der Waals surface area contributed by atoms with E-state index in [1.807, 2.05) is 6.07 Å². The Morgan fingerprint density at radius 3 is 2.96 bits per heavy atom. The van der Waals surface area contributed by atoms with Crippen molar-refractivity contribution in [2.75, 3.05) is 5.32 Å². The van der Waals surface area contributed by atoms with E-state index in [0.29, 0.717) is 10.8 Å². The fourth-order valence-electron chi connectivity index (χ4n) is 2.72. The molecule has 2 aromatic rings. The predicted molar refractivity (Wildman–Crippen MR) is 86.5 cm³/mol. The Morgan fingerprint density at radius 2 is 2.22 bits per heavy atom. The molecule has 5 nitrogen and oxygen atoms in total. The molecule has 0 spiro atoms. The van der Waals surface area contributed by atoms with Crippen LogP contribution in [0.5, 0.6) is 0 Å². The summed E-state index contributed by atoms with van der Waals surface area (Å²) >= 11 is 1.41. The summed E-state index contributed by atoms with van der Waals surface area (Å²) in [7, 11) is 0. The van der Waals surface area contributed by atoms with Crippen LogP contribution in [0.15, 0.2) is 24.3 Å². The molecule has 1 atom stereocenters. The first-order valence-electron chi connectivity index (χ1n) is 7.31. The number of fused-ring (bicyclic) bond motifs is 1. The van der Waals surface area contributed by atoms with Gasteiger partial charge in [-0.15, -0.1) is 11.3 Å². The van der Waals surface area contributed by atoms with Gasteiger partial charge in [0, 0.05) is 17.0 Å². The minimum Gasteiger partial charge on any atom is -0.319 e. The van der Waals surface area contributed by atoms with Crippen LogP contribution in [-0.4, -0.2) is 10.8 Å². The number of aryl methyl sites for hydroxylation is 1. The minimum absolute atomic E-state index is 0.177. The summed E-state index contributed by atoms with van der Waals surface area (Å²) < 4.78 is 13.8.